The van der Waals surface area contributed by atoms with Crippen molar-refractivity contribution in [1.29, 1.82) is 0 Å². The van der Waals surface area contributed by atoms with Gasteiger partial charge < -0.3 is 20.1 Å². The van der Waals surface area contributed by atoms with Crippen LogP contribution in [-0.4, -0.2) is 23.2 Å². The summed E-state index contributed by atoms with van der Waals surface area (Å²) in [6, 6.07) is 18.7. The molecule has 2 rings (SSSR count). The molecule has 138 valence electrons. The molecule has 0 spiro atoms. The highest BCUT2D eigenvalue weighted by molar-refractivity contribution is 9.09. The number of hydrogen-bond donors (Lipinski definition) is 2. The number of carbonyl (C=O) groups excluding carboxylic acids is 2. The fraction of sp³-hybridized carbons (Fsp3) is 0.263. The molecule has 26 heavy (non-hydrogen) atoms. The van der Waals surface area contributed by atoms with Crippen LogP contribution in [-0.2, 0) is 22.7 Å². The third kappa shape index (κ3) is 7.14. The number of alkyl carbamates (subject to hydrolysis) is 2. The average Bonchev–Trinajstić information content (AvgIpc) is 2.66. The van der Waals surface area contributed by atoms with Gasteiger partial charge in [-0.3, -0.25) is 0 Å². The van der Waals surface area contributed by atoms with Gasteiger partial charge in [-0.2, -0.15) is 0 Å². The SMILES string of the molecule is CC(Br)C(NC(=O)OCc1ccccc1)NC(=O)OCc1ccccc1. The predicted molar refractivity (Wildman–Crippen MR) is 102 cm³/mol. The molecule has 0 aliphatic heterocycles. The molecule has 1 unspecified atom stereocenters. The minimum absolute atomic E-state index is 0.147. The predicted octanol–water partition coefficient (Wildman–Crippen LogP) is 3.95. The van der Waals surface area contributed by atoms with Gasteiger partial charge in [-0.25, -0.2) is 9.59 Å². The van der Waals surface area contributed by atoms with E-state index in [1.165, 1.54) is 0 Å². The number of rotatable bonds is 7. The zero-order valence-corrected chi connectivity index (χ0v) is 15.9. The number of halogens is 1. The molecular formula is C19H21BrN2O4. The van der Waals surface area contributed by atoms with Gasteiger partial charge in [-0.1, -0.05) is 76.6 Å². The van der Waals surface area contributed by atoms with Gasteiger partial charge in [0.1, 0.15) is 19.4 Å². The maximum absolute atomic E-state index is 11.9. The molecule has 0 saturated heterocycles. The summed E-state index contributed by atoms with van der Waals surface area (Å²) in [5.74, 6) is 0. The third-order valence-corrected chi connectivity index (χ3v) is 3.96. The van der Waals surface area contributed by atoms with Crippen LogP contribution in [0.2, 0.25) is 0 Å². The summed E-state index contributed by atoms with van der Waals surface area (Å²) in [5, 5.41) is 5.19. The molecular weight excluding hydrogens is 400 g/mol. The van der Waals surface area contributed by atoms with E-state index in [0.717, 1.165) is 11.1 Å². The van der Waals surface area contributed by atoms with Crippen LogP contribution in [0.4, 0.5) is 9.59 Å². The van der Waals surface area contributed by atoms with Crippen molar-refractivity contribution in [1.82, 2.24) is 10.6 Å². The molecule has 2 aromatic carbocycles. The van der Waals surface area contributed by atoms with Crippen LogP contribution in [0.1, 0.15) is 18.1 Å². The molecule has 0 radical (unpaired) electrons. The maximum Gasteiger partial charge on any atom is 0.409 e. The normalized spacial score (nSPS) is 11.5. The Balaban J connectivity index is 1.78. The van der Waals surface area contributed by atoms with Gasteiger partial charge in [0.15, 0.2) is 0 Å². The Morgan fingerprint density at radius 2 is 1.23 bits per heavy atom. The first-order valence-electron chi connectivity index (χ1n) is 8.13. The zero-order valence-electron chi connectivity index (χ0n) is 14.4. The van der Waals surface area contributed by atoms with Crippen LogP contribution in [0, 0.1) is 0 Å². The number of nitrogens with one attached hydrogen (secondary N) is 2. The number of ether oxygens (including phenoxy) is 2. The van der Waals surface area contributed by atoms with Gasteiger partial charge in [0, 0.05) is 0 Å². The highest BCUT2D eigenvalue weighted by atomic mass is 79.9. The van der Waals surface area contributed by atoms with Crippen molar-refractivity contribution >= 4 is 28.1 Å². The van der Waals surface area contributed by atoms with Crippen LogP contribution in [0.5, 0.6) is 0 Å². The molecule has 6 nitrogen and oxygen atoms in total. The summed E-state index contributed by atoms with van der Waals surface area (Å²) in [7, 11) is 0. The van der Waals surface area contributed by atoms with E-state index in [0.29, 0.717) is 0 Å². The highest BCUT2D eigenvalue weighted by Gasteiger charge is 2.21. The lowest BCUT2D eigenvalue weighted by molar-refractivity contribution is 0.123. The van der Waals surface area contributed by atoms with Crippen molar-refractivity contribution < 1.29 is 19.1 Å². The van der Waals surface area contributed by atoms with Gasteiger partial charge in [-0.15, -0.1) is 0 Å². The van der Waals surface area contributed by atoms with Gasteiger partial charge >= 0.3 is 12.2 Å². The standard InChI is InChI=1S/C19H21BrN2O4/c1-14(20)17(21-18(23)25-12-15-8-4-2-5-9-15)22-19(24)26-13-16-10-6-3-7-11-16/h2-11,14,17H,12-13H2,1H3,(H,21,23)(H,22,24). The summed E-state index contributed by atoms with van der Waals surface area (Å²) in [6.07, 6.45) is -1.94. The quantitative estimate of drug-likeness (QED) is 0.525. The Bertz CT molecular complexity index is 638. The smallest absolute Gasteiger partial charge is 0.409 e. The Morgan fingerprint density at radius 1 is 0.846 bits per heavy atom. The van der Waals surface area contributed by atoms with Crippen molar-refractivity contribution in [2.75, 3.05) is 0 Å². The van der Waals surface area contributed by atoms with E-state index in [4.69, 9.17) is 9.47 Å². The van der Waals surface area contributed by atoms with Crippen LogP contribution in [0.3, 0.4) is 0 Å². The van der Waals surface area contributed by atoms with Crippen molar-refractivity contribution in [2.24, 2.45) is 0 Å². The zero-order chi connectivity index (χ0) is 18.8. The topological polar surface area (TPSA) is 76.7 Å². The molecule has 2 N–H and O–H groups in total. The van der Waals surface area contributed by atoms with E-state index in [1.54, 1.807) is 6.92 Å². The molecule has 7 heteroatoms. The maximum atomic E-state index is 11.9. The van der Waals surface area contributed by atoms with Crippen LogP contribution in [0.15, 0.2) is 60.7 Å². The summed E-state index contributed by atoms with van der Waals surface area (Å²) in [5.41, 5.74) is 1.75. The van der Waals surface area contributed by atoms with E-state index in [1.807, 2.05) is 60.7 Å². The molecule has 2 amide bonds. The van der Waals surface area contributed by atoms with Crippen LogP contribution >= 0.6 is 15.9 Å². The molecule has 0 aliphatic carbocycles. The lowest BCUT2D eigenvalue weighted by Crippen LogP contribution is -2.52. The first kappa shape index (κ1) is 19.8. The van der Waals surface area contributed by atoms with Gasteiger partial charge in [0.05, 0.1) is 4.83 Å². The Labute approximate surface area is 161 Å². The van der Waals surface area contributed by atoms with E-state index < -0.39 is 18.4 Å². The first-order chi connectivity index (χ1) is 12.5. The lowest BCUT2D eigenvalue weighted by atomic mass is 10.2. The Hall–Kier alpha value is -2.54. The van der Waals surface area contributed by atoms with E-state index in [-0.39, 0.29) is 18.0 Å². The van der Waals surface area contributed by atoms with Crippen molar-refractivity contribution in [3.8, 4) is 0 Å². The Kier molecular flexibility index (Phi) is 7.95. The molecule has 0 aromatic heterocycles. The fourth-order valence-corrected chi connectivity index (χ4v) is 2.31. The van der Waals surface area contributed by atoms with Crippen molar-refractivity contribution in [3.63, 3.8) is 0 Å². The first-order valence-corrected chi connectivity index (χ1v) is 9.04. The van der Waals surface area contributed by atoms with Crippen LogP contribution < -0.4 is 10.6 Å². The second kappa shape index (κ2) is 10.5. The number of alkyl halides is 1. The molecule has 0 saturated carbocycles. The van der Waals surface area contributed by atoms with Gasteiger partial charge in [0.25, 0.3) is 0 Å². The van der Waals surface area contributed by atoms with E-state index in [9.17, 15) is 9.59 Å². The second-order valence-electron chi connectivity index (χ2n) is 5.57. The molecule has 0 bridgehead atoms. The monoisotopic (exact) mass is 420 g/mol. The molecule has 0 fully saturated rings. The molecule has 1 atom stereocenters. The van der Waals surface area contributed by atoms with E-state index in [2.05, 4.69) is 26.6 Å². The minimum atomic E-state index is -0.679. The highest BCUT2D eigenvalue weighted by Crippen LogP contribution is 2.06. The van der Waals surface area contributed by atoms with Crippen molar-refractivity contribution in [3.05, 3.63) is 71.8 Å². The lowest BCUT2D eigenvalue weighted by Gasteiger charge is -2.22. The van der Waals surface area contributed by atoms with Gasteiger partial charge in [0.2, 0.25) is 0 Å². The average molecular weight is 421 g/mol. The number of hydrogen-bond acceptors (Lipinski definition) is 4. The molecule has 2 aromatic rings. The largest absolute Gasteiger partial charge is 0.445 e. The number of carbonyl (C=O) groups is 2. The third-order valence-electron chi connectivity index (χ3n) is 3.43. The van der Waals surface area contributed by atoms with Gasteiger partial charge in [-0.05, 0) is 18.1 Å². The minimum Gasteiger partial charge on any atom is -0.445 e. The molecule has 0 heterocycles. The summed E-state index contributed by atoms with van der Waals surface area (Å²) >= 11 is 3.35. The number of benzene rings is 2. The fourth-order valence-electron chi connectivity index (χ4n) is 2.05. The molecule has 0 aliphatic rings. The summed E-state index contributed by atoms with van der Waals surface area (Å²) in [6.45, 7) is 2.09. The van der Waals surface area contributed by atoms with E-state index >= 15 is 0 Å². The second-order valence-corrected chi connectivity index (χ2v) is 7.01. The van der Waals surface area contributed by atoms with Crippen LogP contribution in [0.25, 0.3) is 0 Å². The summed E-state index contributed by atoms with van der Waals surface area (Å²) in [4.78, 5) is 23.7. The Morgan fingerprint density at radius 3 is 1.58 bits per heavy atom. The summed E-state index contributed by atoms with van der Waals surface area (Å²) < 4.78 is 10.3. The van der Waals surface area contributed by atoms with Crippen molar-refractivity contribution in [2.45, 2.75) is 31.1 Å². The number of amides is 2.